The average molecular weight is 414 g/mol. The second kappa shape index (κ2) is 8.84. The van der Waals surface area contributed by atoms with Crippen LogP contribution in [-0.2, 0) is 19.1 Å². The Balaban J connectivity index is 1.67. The first kappa shape index (κ1) is 20.4. The molecule has 2 heterocycles. The maximum Gasteiger partial charge on any atom is 0.315 e. The smallest absolute Gasteiger partial charge is 0.315 e. The normalized spacial score (nSPS) is 26.9. The van der Waals surface area contributed by atoms with Gasteiger partial charge in [0.25, 0.3) is 0 Å². The Labute approximate surface area is 175 Å². The summed E-state index contributed by atoms with van der Waals surface area (Å²) < 4.78 is 11.2. The molecule has 3 aliphatic rings. The summed E-state index contributed by atoms with van der Waals surface area (Å²) in [6.45, 7) is 2.87. The van der Waals surface area contributed by atoms with E-state index in [1.165, 1.54) is 0 Å². The molecule has 2 aliphatic heterocycles. The molecule has 0 spiro atoms. The Morgan fingerprint density at radius 1 is 1.24 bits per heavy atom. The maximum atomic E-state index is 13.2. The van der Waals surface area contributed by atoms with Gasteiger partial charge < -0.3 is 9.47 Å². The monoisotopic (exact) mass is 413 g/mol. The molecule has 1 aromatic rings. The van der Waals surface area contributed by atoms with E-state index >= 15 is 0 Å². The zero-order valence-corrected chi connectivity index (χ0v) is 17.8. The van der Waals surface area contributed by atoms with Gasteiger partial charge in [-0.05, 0) is 56.6 Å². The van der Waals surface area contributed by atoms with Crippen molar-refractivity contribution in [2.75, 3.05) is 19.5 Å². The third kappa shape index (κ3) is 4.19. The topological polar surface area (TPSA) is 65.0 Å². The molecule has 1 saturated heterocycles. The zero-order valence-electron chi connectivity index (χ0n) is 17.0. The van der Waals surface area contributed by atoms with Gasteiger partial charge in [-0.15, -0.1) is 11.8 Å². The Hall–Kier alpha value is -1.92. The van der Waals surface area contributed by atoms with Gasteiger partial charge in [-0.2, -0.15) is 0 Å². The lowest BCUT2D eigenvalue weighted by Gasteiger charge is -2.34. The van der Waals surface area contributed by atoms with Crippen molar-refractivity contribution in [3.8, 4) is 0 Å². The molecule has 0 saturated carbocycles. The summed E-state index contributed by atoms with van der Waals surface area (Å²) in [6, 6.07) is 8.15. The first-order chi connectivity index (χ1) is 14.1. The van der Waals surface area contributed by atoms with E-state index in [0.717, 1.165) is 54.2 Å². The fourth-order valence-electron chi connectivity index (χ4n) is 4.52. The first-order valence-electron chi connectivity index (χ1n) is 10.3. The summed E-state index contributed by atoms with van der Waals surface area (Å²) in [6.07, 6.45) is 6.05. The number of hydrogen-bond donors (Lipinski definition) is 0. The number of esters is 1. The molecular weight excluding hydrogens is 386 g/mol. The molecular formula is C23H27NO4S. The zero-order chi connectivity index (χ0) is 20.4. The summed E-state index contributed by atoms with van der Waals surface area (Å²) in [7, 11) is 0. The number of ketones is 1. The number of carbonyl (C=O) groups excluding carboxylic acids is 2. The van der Waals surface area contributed by atoms with Crippen molar-refractivity contribution in [1.29, 1.82) is 0 Å². The second-order valence-electron chi connectivity index (χ2n) is 7.88. The number of benzene rings is 1. The van der Waals surface area contributed by atoms with Crippen molar-refractivity contribution >= 4 is 29.2 Å². The lowest BCUT2D eigenvalue weighted by Crippen LogP contribution is -2.38. The number of carbonyl (C=O) groups is 2. The predicted molar refractivity (Wildman–Crippen MR) is 113 cm³/mol. The van der Waals surface area contributed by atoms with Crippen LogP contribution in [-0.4, -0.2) is 43.0 Å². The van der Waals surface area contributed by atoms with Crippen LogP contribution in [0.5, 0.6) is 0 Å². The molecule has 1 aliphatic carbocycles. The third-order valence-corrected chi connectivity index (χ3v) is 6.74. The van der Waals surface area contributed by atoms with Crippen LogP contribution in [0.4, 0.5) is 0 Å². The Morgan fingerprint density at radius 3 is 2.72 bits per heavy atom. The van der Waals surface area contributed by atoms with Crippen LogP contribution >= 0.6 is 11.8 Å². The van der Waals surface area contributed by atoms with Crippen molar-refractivity contribution in [1.82, 2.24) is 0 Å². The lowest BCUT2D eigenvalue weighted by atomic mass is 9.72. The molecule has 1 fully saturated rings. The van der Waals surface area contributed by atoms with Crippen LogP contribution in [0.1, 0.15) is 50.5 Å². The molecule has 0 bridgehead atoms. The molecule has 0 amide bonds. The van der Waals surface area contributed by atoms with Gasteiger partial charge in [-0.25, -0.2) is 0 Å². The number of rotatable bonds is 5. The average Bonchev–Trinajstić information content (AvgIpc) is 3.25. The number of hydrogen-bond acceptors (Lipinski definition) is 6. The van der Waals surface area contributed by atoms with E-state index in [1.807, 2.05) is 37.4 Å². The standard InChI is InChI=1S/C23H27NO4S/c1-14-20(23(26)28-13-16-5-4-12-27-16)21(15-8-10-17(29-2)11-9-15)22-18(24-14)6-3-7-19(22)25/h8-11,16,20-21H,3-7,12-13H2,1-2H3/t16-,20?,21-/m0/s1. The highest BCUT2D eigenvalue weighted by Gasteiger charge is 2.43. The molecule has 1 aromatic carbocycles. The summed E-state index contributed by atoms with van der Waals surface area (Å²) in [5.74, 6) is -1.11. The number of ether oxygens (including phenoxy) is 2. The van der Waals surface area contributed by atoms with E-state index in [-0.39, 0.29) is 30.4 Å². The lowest BCUT2D eigenvalue weighted by molar-refractivity contribution is -0.149. The van der Waals surface area contributed by atoms with Crippen molar-refractivity contribution in [2.24, 2.45) is 10.9 Å². The maximum absolute atomic E-state index is 13.2. The highest BCUT2D eigenvalue weighted by Crippen LogP contribution is 2.43. The van der Waals surface area contributed by atoms with Crippen molar-refractivity contribution in [3.63, 3.8) is 0 Å². The number of aliphatic imine (C=N–C) groups is 1. The molecule has 154 valence electrons. The SMILES string of the molecule is CSc1ccc([C@@H]2C3=C(CCCC3=O)N=C(C)C2C(=O)OC[C@@H]2CCCO2)cc1. The van der Waals surface area contributed by atoms with Gasteiger partial charge in [-0.3, -0.25) is 14.6 Å². The largest absolute Gasteiger partial charge is 0.462 e. The molecule has 3 atom stereocenters. The van der Waals surface area contributed by atoms with Crippen LogP contribution in [0.25, 0.3) is 0 Å². The third-order valence-electron chi connectivity index (χ3n) is 6.00. The molecule has 5 nitrogen and oxygen atoms in total. The van der Waals surface area contributed by atoms with Crippen LogP contribution < -0.4 is 0 Å². The highest BCUT2D eigenvalue weighted by atomic mass is 32.2. The van der Waals surface area contributed by atoms with E-state index in [9.17, 15) is 9.59 Å². The fraction of sp³-hybridized carbons (Fsp3) is 0.522. The van der Waals surface area contributed by atoms with Crippen LogP contribution in [0.2, 0.25) is 0 Å². The van der Waals surface area contributed by atoms with E-state index < -0.39 is 5.92 Å². The van der Waals surface area contributed by atoms with Crippen molar-refractivity contribution in [3.05, 3.63) is 41.1 Å². The Morgan fingerprint density at radius 2 is 2.03 bits per heavy atom. The molecule has 0 radical (unpaired) electrons. The van der Waals surface area contributed by atoms with Gasteiger partial charge in [-0.1, -0.05) is 12.1 Å². The van der Waals surface area contributed by atoms with Gasteiger partial charge in [0.15, 0.2) is 5.78 Å². The molecule has 4 rings (SSSR count). The fourth-order valence-corrected chi connectivity index (χ4v) is 4.93. The van der Waals surface area contributed by atoms with Gasteiger partial charge >= 0.3 is 5.97 Å². The first-order valence-corrected chi connectivity index (χ1v) is 11.5. The van der Waals surface area contributed by atoms with E-state index in [4.69, 9.17) is 9.47 Å². The molecule has 29 heavy (non-hydrogen) atoms. The van der Waals surface area contributed by atoms with E-state index in [0.29, 0.717) is 12.0 Å². The van der Waals surface area contributed by atoms with Gasteiger partial charge in [0.1, 0.15) is 12.5 Å². The number of nitrogens with zero attached hydrogens (tertiary/aromatic N) is 1. The summed E-state index contributed by atoms with van der Waals surface area (Å²) in [5, 5.41) is 0. The minimum Gasteiger partial charge on any atom is -0.462 e. The Kier molecular flexibility index (Phi) is 6.20. The Bertz CT molecular complexity index is 852. The minimum absolute atomic E-state index is 0.0230. The molecule has 1 unspecified atom stereocenters. The second-order valence-corrected chi connectivity index (χ2v) is 8.76. The van der Waals surface area contributed by atoms with Crippen LogP contribution in [0.3, 0.4) is 0 Å². The summed E-state index contributed by atoms with van der Waals surface area (Å²) in [4.78, 5) is 31.9. The number of allylic oxidation sites excluding steroid dienone is 2. The van der Waals surface area contributed by atoms with Crippen LogP contribution in [0.15, 0.2) is 45.4 Å². The van der Waals surface area contributed by atoms with Crippen molar-refractivity contribution < 1.29 is 19.1 Å². The molecule has 6 heteroatoms. The molecule has 0 N–H and O–H groups in total. The molecule has 0 aromatic heterocycles. The summed E-state index contributed by atoms with van der Waals surface area (Å²) >= 11 is 1.67. The van der Waals surface area contributed by atoms with Crippen LogP contribution in [0, 0.1) is 5.92 Å². The minimum atomic E-state index is -0.572. The predicted octanol–water partition coefficient (Wildman–Crippen LogP) is 4.31. The number of thioether (sulfide) groups is 1. The van der Waals surface area contributed by atoms with Gasteiger partial charge in [0.2, 0.25) is 0 Å². The van der Waals surface area contributed by atoms with Gasteiger partial charge in [0, 0.05) is 40.8 Å². The van der Waals surface area contributed by atoms with Crippen molar-refractivity contribution in [2.45, 2.75) is 55.9 Å². The van der Waals surface area contributed by atoms with E-state index in [1.54, 1.807) is 11.8 Å². The summed E-state index contributed by atoms with van der Waals surface area (Å²) in [5.41, 5.74) is 3.26. The highest BCUT2D eigenvalue weighted by molar-refractivity contribution is 7.98. The van der Waals surface area contributed by atoms with Gasteiger partial charge in [0.05, 0.1) is 6.10 Å². The quantitative estimate of drug-likeness (QED) is 0.532. The van der Waals surface area contributed by atoms with E-state index in [2.05, 4.69) is 4.99 Å². The number of Topliss-reactive ketones (excluding diaryl/α,β-unsaturated/α-hetero) is 1.